The SMILES string of the molecule is [C-]#[N+]c1ccc(C(CC)N2C[C@H]3COc4c(c5nc(C#N)ccc5n(C)c4=O)N3C[C@H]2CC)cc1. The number of nitrogens with zero attached hydrogens (tertiary/aromatic N) is 6. The van der Waals surface area contributed by atoms with E-state index in [0.717, 1.165) is 25.9 Å². The molecule has 5 rings (SSSR count). The molecule has 2 aliphatic rings. The molecule has 1 aromatic carbocycles. The minimum atomic E-state index is -0.181. The summed E-state index contributed by atoms with van der Waals surface area (Å²) < 4.78 is 7.65. The van der Waals surface area contributed by atoms with Gasteiger partial charge in [-0.2, -0.15) is 5.26 Å². The topological polar surface area (TPSA) is 78.8 Å². The number of aromatic nitrogens is 2. The predicted octanol–water partition coefficient (Wildman–Crippen LogP) is 4.17. The highest BCUT2D eigenvalue weighted by atomic mass is 16.5. The van der Waals surface area contributed by atoms with Gasteiger partial charge in [-0.25, -0.2) is 9.83 Å². The lowest BCUT2D eigenvalue weighted by Gasteiger charge is -2.51. The molecule has 8 nitrogen and oxygen atoms in total. The van der Waals surface area contributed by atoms with Crippen LogP contribution in [0.25, 0.3) is 15.9 Å². The van der Waals surface area contributed by atoms with E-state index in [9.17, 15) is 10.1 Å². The van der Waals surface area contributed by atoms with E-state index in [-0.39, 0.29) is 23.7 Å². The summed E-state index contributed by atoms with van der Waals surface area (Å²) in [6, 6.07) is 14.0. The van der Waals surface area contributed by atoms with Gasteiger partial charge in [-0.15, -0.1) is 0 Å². The van der Waals surface area contributed by atoms with Crippen LogP contribution in [0.15, 0.2) is 41.2 Å². The number of rotatable bonds is 4. The first-order valence-corrected chi connectivity index (χ1v) is 12.1. The van der Waals surface area contributed by atoms with E-state index in [4.69, 9.17) is 11.3 Å². The summed E-state index contributed by atoms with van der Waals surface area (Å²) in [5, 5.41) is 9.45. The number of aryl methyl sites for hydroxylation is 1. The summed E-state index contributed by atoms with van der Waals surface area (Å²) in [6.07, 6.45) is 1.91. The van der Waals surface area contributed by atoms with Gasteiger partial charge in [0.25, 0.3) is 5.56 Å². The lowest BCUT2D eigenvalue weighted by molar-refractivity contribution is 0.0720. The summed E-state index contributed by atoms with van der Waals surface area (Å²) in [6.45, 7) is 13.6. The third-order valence-corrected chi connectivity index (χ3v) is 7.40. The molecule has 1 fully saturated rings. The third kappa shape index (κ3) is 3.71. The fraction of sp³-hybridized carbons (Fsp3) is 0.407. The molecule has 1 unspecified atom stereocenters. The molecule has 0 radical (unpaired) electrons. The molecule has 4 heterocycles. The average molecular weight is 469 g/mol. The number of pyridine rings is 2. The molecule has 2 aliphatic heterocycles. The summed E-state index contributed by atoms with van der Waals surface area (Å²) in [5.41, 5.74) is 4.04. The van der Waals surface area contributed by atoms with Crippen LogP contribution >= 0.6 is 0 Å². The molecular formula is C27H28N6O2. The van der Waals surface area contributed by atoms with Gasteiger partial charge in [0.2, 0.25) is 5.75 Å². The van der Waals surface area contributed by atoms with Crippen molar-refractivity contribution in [3.8, 4) is 11.8 Å². The van der Waals surface area contributed by atoms with Gasteiger partial charge < -0.3 is 14.2 Å². The number of nitriles is 1. The van der Waals surface area contributed by atoms with Crippen molar-refractivity contribution in [2.75, 3.05) is 24.6 Å². The average Bonchev–Trinajstić information content (AvgIpc) is 2.91. The Kier molecular flexibility index (Phi) is 5.92. The molecule has 0 aliphatic carbocycles. The van der Waals surface area contributed by atoms with Gasteiger partial charge in [0.15, 0.2) is 5.69 Å². The van der Waals surface area contributed by atoms with Crippen LogP contribution in [-0.4, -0.2) is 46.2 Å². The Morgan fingerprint density at radius 3 is 2.66 bits per heavy atom. The number of ether oxygens (including phenoxy) is 1. The standard InChI is InChI=1S/C27H28N6O2/c1-5-20-14-33-21(15-32(20)22(6-2)17-7-9-18(29-3)10-8-17)16-35-26-25(33)24-23(31(4)27(26)34)12-11-19(13-28)30-24/h7-12,20-22H,5-6,14-16H2,1-2,4H3/t20-,21+,22?/m1/s1. The Hall–Kier alpha value is -3.88. The van der Waals surface area contributed by atoms with Crippen LogP contribution in [0.4, 0.5) is 11.4 Å². The zero-order chi connectivity index (χ0) is 24.7. The molecule has 3 atom stereocenters. The normalized spacial score (nSPS) is 20.3. The van der Waals surface area contributed by atoms with Gasteiger partial charge in [-0.05, 0) is 30.5 Å². The van der Waals surface area contributed by atoms with Crippen LogP contribution in [0.1, 0.15) is 44.0 Å². The first-order chi connectivity index (χ1) is 17.0. The largest absolute Gasteiger partial charge is 0.484 e. The molecule has 0 N–H and O–H groups in total. The molecule has 0 amide bonds. The summed E-state index contributed by atoms with van der Waals surface area (Å²) in [4.78, 5) is 26.1. The van der Waals surface area contributed by atoms with Crippen molar-refractivity contribution in [1.29, 1.82) is 5.26 Å². The maximum absolute atomic E-state index is 13.2. The molecule has 35 heavy (non-hydrogen) atoms. The van der Waals surface area contributed by atoms with Crippen LogP contribution in [0.2, 0.25) is 0 Å². The monoisotopic (exact) mass is 468 g/mol. The Morgan fingerprint density at radius 1 is 1.23 bits per heavy atom. The van der Waals surface area contributed by atoms with E-state index in [1.54, 1.807) is 23.7 Å². The fourth-order valence-electron chi connectivity index (χ4n) is 5.57. The van der Waals surface area contributed by atoms with Crippen LogP contribution in [0.3, 0.4) is 0 Å². The number of benzene rings is 1. The highest BCUT2D eigenvalue weighted by Gasteiger charge is 2.41. The minimum absolute atomic E-state index is 0.0599. The Balaban J connectivity index is 1.57. The number of fused-ring (bicyclic) bond motifs is 5. The van der Waals surface area contributed by atoms with Crippen molar-refractivity contribution in [2.24, 2.45) is 7.05 Å². The Labute approximate surface area is 204 Å². The molecule has 0 spiro atoms. The smallest absolute Gasteiger partial charge is 0.295 e. The quantitative estimate of drug-likeness (QED) is 0.535. The van der Waals surface area contributed by atoms with Crippen LogP contribution in [0.5, 0.6) is 5.75 Å². The van der Waals surface area contributed by atoms with Gasteiger partial charge in [0.05, 0.1) is 18.1 Å². The molecule has 2 aromatic heterocycles. The Morgan fingerprint density at radius 2 is 2.00 bits per heavy atom. The molecule has 0 bridgehead atoms. The first-order valence-electron chi connectivity index (χ1n) is 12.1. The van der Waals surface area contributed by atoms with Crippen LogP contribution in [0, 0.1) is 17.9 Å². The maximum atomic E-state index is 13.2. The third-order valence-electron chi connectivity index (χ3n) is 7.40. The predicted molar refractivity (Wildman–Crippen MR) is 135 cm³/mol. The summed E-state index contributed by atoms with van der Waals surface area (Å²) in [5.74, 6) is 0.323. The highest BCUT2D eigenvalue weighted by molar-refractivity contribution is 5.93. The van der Waals surface area contributed by atoms with E-state index in [1.807, 2.05) is 12.1 Å². The number of anilines is 1. The number of hydrogen-bond donors (Lipinski definition) is 0. The Bertz CT molecular complexity index is 1420. The number of piperazine rings is 1. The van der Waals surface area contributed by atoms with Gasteiger partial charge in [0, 0.05) is 32.2 Å². The van der Waals surface area contributed by atoms with E-state index < -0.39 is 0 Å². The van der Waals surface area contributed by atoms with Crippen molar-refractivity contribution in [1.82, 2.24) is 14.5 Å². The van der Waals surface area contributed by atoms with Crippen LogP contribution in [-0.2, 0) is 7.05 Å². The molecule has 3 aromatic rings. The molecule has 0 saturated carbocycles. The molecule has 1 saturated heterocycles. The zero-order valence-electron chi connectivity index (χ0n) is 20.2. The molecule has 8 heteroatoms. The van der Waals surface area contributed by atoms with Crippen molar-refractivity contribution in [3.05, 3.63) is 69.4 Å². The second-order valence-electron chi connectivity index (χ2n) is 9.22. The van der Waals surface area contributed by atoms with Gasteiger partial charge >= 0.3 is 0 Å². The van der Waals surface area contributed by atoms with Gasteiger partial charge in [-0.1, -0.05) is 38.1 Å². The van der Waals surface area contributed by atoms with Gasteiger partial charge in [0.1, 0.15) is 29.6 Å². The van der Waals surface area contributed by atoms with E-state index >= 15 is 0 Å². The van der Waals surface area contributed by atoms with E-state index in [0.29, 0.717) is 40.5 Å². The summed E-state index contributed by atoms with van der Waals surface area (Å²) >= 11 is 0. The van der Waals surface area contributed by atoms with Gasteiger partial charge in [-0.3, -0.25) is 9.69 Å². The highest BCUT2D eigenvalue weighted by Crippen LogP contribution is 2.41. The van der Waals surface area contributed by atoms with E-state index in [2.05, 4.69) is 51.7 Å². The second kappa shape index (κ2) is 9.05. The minimum Gasteiger partial charge on any atom is -0.484 e. The van der Waals surface area contributed by atoms with Crippen LogP contribution < -0.4 is 15.2 Å². The van der Waals surface area contributed by atoms with Crippen molar-refractivity contribution >= 4 is 22.4 Å². The fourth-order valence-corrected chi connectivity index (χ4v) is 5.57. The van der Waals surface area contributed by atoms with Crippen molar-refractivity contribution < 1.29 is 4.74 Å². The van der Waals surface area contributed by atoms with Crippen molar-refractivity contribution in [2.45, 2.75) is 44.8 Å². The molecule has 178 valence electrons. The lowest BCUT2D eigenvalue weighted by atomic mass is 9.94. The second-order valence-corrected chi connectivity index (χ2v) is 9.22. The summed E-state index contributed by atoms with van der Waals surface area (Å²) in [7, 11) is 1.71. The lowest BCUT2D eigenvalue weighted by Crippen LogP contribution is -2.62. The molecular weight excluding hydrogens is 440 g/mol. The first kappa shape index (κ1) is 22.9. The van der Waals surface area contributed by atoms with E-state index in [1.165, 1.54) is 5.56 Å². The number of hydrogen-bond acceptors (Lipinski definition) is 6. The maximum Gasteiger partial charge on any atom is 0.295 e. The zero-order valence-corrected chi connectivity index (χ0v) is 20.2. The van der Waals surface area contributed by atoms with Crippen molar-refractivity contribution in [3.63, 3.8) is 0 Å².